The average Bonchev–Trinajstić information content (AvgIpc) is 3.61. The van der Waals surface area contributed by atoms with Crippen LogP contribution in [0.4, 0.5) is 17.1 Å². The number of fused-ring (bicyclic) bond motifs is 6. The van der Waals surface area contributed by atoms with Gasteiger partial charge >= 0.3 is 0 Å². The lowest BCUT2D eigenvalue weighted by molar-refractivity contribution is -0.670. The van der Waals surface area contributed by atoms with E-state index in [9.17, 15) is 0 Å². The van der Waals surface area contributed by atoms with Gasteiger partial charge in [-0.25, -0.2) is 4.57 Å². The van der Waals surface area contributed by atoms with Crippen molar-refractivity contribution in [3.05, 3.63) is 138 Å². The number of anilines is 3. The Kier molecular flexibility index (Phi) is 6.70. The van der Waals surface area contributed by atoms with Gasteiger partial charge in [0.05, 0.1) is 5.56 Å². The van der Waals surface area contributed by atoms with Gasteiger partial charge in [-0.1, -0.05) is 114 Å². The number of benzene rings is 5. The number of rotatable bonds is 5. The fraction of sp³-hybridized carbons (Fsp3) is 0.214. The van der Waals surface area contributed by atoms with Crippen molar-refractivity contribution in [3.8, 4) is 28.3 Å². The molecule has 0 aliphatic carbocycles. The molecule has 2 aliphatic heterocycles. The van der Waals surface area contributed by atoms with Crippen molar-refractivity contribution < 1.29 is 4.57 Å². The van der Waals surface area contributed by atoms with E-state index >= 15 is 0 Å². The predicted molar refractivity (Wildman–Crippen MR) is 196 cm³/mol. The maximum absolute atomic E-state index is 2.55. The minimum atomic E-state index is -2.06. The normalized spacial score (nSPS) is 14.3. The van der Waals surface area contributed by atoms with Crippen molar-refractivity contribution in [2.45, 2.75) is 59.2 Å². The molecule has 0 unspecified atom stereocenters. The Balaban J connectivity index is 1.42. The second-order valence-corrected chi connectivity index (χ2v) is 18.3. The largest absolute Gasteiger partial charge is 0.311 e. The molecule has 0 bridgehead atoms. The zero-order valence-corrected chi connectivity index (χ0v) is 28.8. The molecule has 8 rings (SSSR count). The molecular weight excluding hydrogens is 575 g/mol. The number of aromatic nitrogens is 2. The van der Waals surface area contributed by atoms with E-state index in [2.05, 4.69) is 176 Å². The van der Waals surface area contributed by atoms with Crippen LogP contribution in [0.15, 0.2) is 121 Å². The van der Waals surface area contributed by atoms with Gasteiger partial charge in [-0.05, 0) is 75.8 Å². The maximum Gasteiger partial charge on any atom is 0.295 e. The van der Waals surface area contributed by atoms with Crippen molar-refractivity contribution in [1.29, 1.82) is 0 Å². The average molecular weight is 617 g/mol. The Morgan fingerprint density at radius 2 is 1.24 bits per heavy atom. The number of hydrogen-bond acceptors (Lipinski definition) is 1. The lowest BCUT2D eigenvalue weighted by Gasteiger charge is -2.42. The fourth-order valence-electron chi connectivity index (χ4n) is 8.15. The molecule has 0 spiro atoms. The number of nitrogens with zero attached hydrogens (tertiary/aromatic N) is 3. The van der Waals surface area contributed by atoms with Crippen molar-refractivity contribution in [2.75, 3.05) is 4.90 Å². The maximum atomic E-state index is 2.55. The van der Waals surface area contributed by atoms with Gasteiger partial charge in [-0.2, -0.15) is 4.57 Å². The number of imidazole rings is 1. The third kappa shape index (κ3) is 4.20. The Morgan fingerprint density at radius 3 is 1.89 bits per heavy atom. The van der Waals surface area contributed by atoms with Crippen LogP contribution in [-0.2, 0) is 6.54 Å². The quantitative estimate of drug-likeness (QED) is 0.139. The smallest absolute Gasteiger partial charge is 0.295 e. The van der Waals surface area contributed by atoms with E-state index in [0.29, 0.717) is 11.8 Å². The van der Waals surface area contributed by atoms with E-state index in [4.69, 9.17) is 0 Å². The summed E-state index contributed by atoms with van der Waals surface area (Å²) >= 11 is 0. The molecule has 0 fully saturated rings. The van der Waals surface area contributed by atoms with Crippen LogP contribution in [0.5, 0.6) is 0 Å². The Morgan fingerprint density at radius 1 is 0.630 bits per heavy atom. The van der Waals surface area contributed by atoms with E-state index < -0.39 is 8.07 Å². The molecule has 0 saturated carbocycles. The van der Waals surface area contributed by atoms with Crippen molar-refractivity contribution in [2.24, 2.45) is 0 Å². The van der Waals surface area contributed by atoms with Gasteiger partial charge in [-0.15, -0.1) is 0 Å². The van der Waals surface area contributed by atoms with Crippen molar-refractivity contribution in [1.82, 2.24) is 4.57 Å². The SMILES string of the molecule is CC(C)c1cccc(C(C)C)c1-c1c[n+]2c(n1-c1ccccc1)-c1ccc3c(c1C2)[Si](C)(C)c1ccccc1N3c1ccccc1. The highest BCUT2D eigenvalue weighted by molar-refractivity contribution is 7.03. The molecule has 0 amide bonds. The first-order chi connectivity index (χ1) is 22.3. The molecule has 0 atom stereocenters. The Labute approximate surface area is 274 Å². The summed E-state index contributed by atoms with van der Waals surface area (Å²) in [6, 6.07) is 42.7. The molecule has 0 N–H and O–H groups in total. The zero-order chi connectivity index (χ0) is 31.7. The summed E-state index contributed by atoms with van der Waals surface area (Å²) in [4.78, 5) is 2.50. The summed E-state index contributed by atoms with van der Waals surface area (Å²) in [7, 11) is -2.06. The van der Waals surface area contributed by atoms with Crippen LogP contribution in [0.25, 0.3) is 28.3 Å². The van der Waals surface area contributed by atoms with Crippen molar-refractivity contribution >= 4 is 35.5 Å². The summed E-state index contributed by atoms with van der Waals surface area (Å²) in [5.41, 5.74) is 13.4. The molecule has 3 heterocycles. The van der Waals surface area contributed by atoms with E-state index in [-0.39, 0.29) is 0 Å². The molecule has 228 valence electrons. The second kappa shape index (κ2) is 10.7. The third-order valence-corrected chi connectivity index (χ3v) is 13.8. The minimum Gasteiger partial charge on any atom is -0.311 e. The van der Waals surface area contributed by atoms with Gasteiger partial charge in [0, 0.05) is 28.2 Å². The van der Waals surface area contributed by atoms with E-state index in [0.717, 1.165) is 6.54 Å². The molecule has 4 heteroatoms. The molecular formula is C42H42N3Si+. The molecule has 3 nitrogen and oxygen atoms in total. The van der Waals surface area contributed by atoms with Gasteiger partial charge in [0.15, 0.2) is 5.69 Å². The molecule has 0 saturated heterocycles. The van der Waals surface area contributed by atoms with Gasteiger partial charge in [0.1, 0.15) is 26.5 Å². The molecule has 46 heavy (non-hydrogen) atoms. The van der Waals surface area contributed by atoms with Crippen LogP contribution in [0.2, 0.25) is 13.1 Å². The highest BCUT2D eigenvalue weighted by atomic mass is 28.3. The highest BCUT2D eigenvalue weighted by Gasteiger charge is 2.45. The van der Waals surface area contributed by atoms with Gasteiger partial charge in [0.2, 0.25) is 0 Å². The lowest BCUT2D eigenvalue weighted by Crippen LogP contribution is -2.60. The molecule has 6 aromatic rings. The van der Waals surface area contributed by atoms with Gasteiger partial charge in [-0.3, -0.25) is 0 Å². The fourth-order valence-corrected chi connectivity index (χ4v) is 11.6. The summed E-state index contributed by atoms with van der Waals surface area (Å²) in [6.07, 6.45) is 2.45. The van der Waals surface area contributed by atoms with Crippen LogP contribution in [0.3, 0.4) is 0 Å². The number of para-hydroxylation sites is 3. The predicted octanol–water partition coefficient (Wildman–Crippen LogP) is 9.31. The van der Waals surface area contributed by atoms with Crippen LogP contribution < -0.4 is 19.8 Å². The first-order valence-electron chi connectivity index (χ1n) is 16.7. The first kappa shape index (κ1) is 28.8. The number of hydrogen-bond donors (Lipinski definition) is 0. The van der Waals surface area contributed by atoms with Gasteiger partial charge in [0.25, 0.3) is 5.82 Å². The summed E-state index contributed by atoms with van der Waals surface area (Å²) in [6.45, 7) is 15.3. The van der Waals surface area contributed by atoms with Crippen LogP contribution >= 0.6 is 0 Å². The van der Waals surface area contributed by atoms with Gasteiger partial charge < -0.3 is 4.90 Å². The van der Waals surface area contributed by atoms with E-state index in [1.807, 2.05) is 0 Å². The van der Waals surface area contributed by atoms with Crippen molar-refractivity contribution in [3.63, 3.8) is 0 Å². The van der Waals surface area contributed by atoms with E-state index in [1.54, 1.807) is 5.19 Å². The first-order valence-corrected chi connectivity index (χ1v) is 19.7. The topological polar surface area (TPSA) is 12.0 Å². The highest BCUT2D eigenvalue weighted by Crippen LogP contribution is 2.44. The second-order valence-electron chi connectivity index (χ2n) is 14.1. The monoisotopic (exact) mass is 616 g/mol. The molecule has 0 radical (unpaired) electrons. The summed E-state index contributed by atoms with van der Waals surface area (Å²) < 4.78 is 5.08. The Hall–Kier alpha value is -4.67. The van der Waals surface area contributed by atoms with Crippen LogP contribution in [0, 0.1) is 0 Å². The molecule has 5 aromatic carbocycles. The third-order valence-electron chi connectivity index (χ3n) is 10.2. The minimum absolute atomic E-state index is 0.419. The van der Waals surface area contributed by atoms with E-state index in [1.165, 1.54) is 67.3 Å². The molecule has 1 aromatic heterocycles. The summed E-state index contributed by atoms with van der Waals surface area (Å²) in [5, 5.41) is 3.06. The lowest BCUT2D eigenvalue weighted by atomic mass is 9.87. The zero-order valence-electron chi connectivity index (χ0n) is 27.8. The van der Waals surface area contributed by atoms with Crippen LogP contribution in [-0.4, -0.2) is 12.6 Å². The van der Waals surface area contributed by atoms with Crippen LogP contribution in [0.1, 0.15) is 56.2 Å². The molecule has 2 aliphatic rings. The standard InChI is InChI=1S/C42H42N3Si/c1-28(2)32-20-15-21-33(29(3)4)40(32)38-27-43-26-35-34(42(43)45(38)31-18-11-8-12-19-31)24-25-37-41(35)46(5,6)39-23-14-13-22-36(39)44(37)30-16-9-7-10-17-30/h7-25,27-29H,26H2,1-6H3/q+1. The summed E-state index contributed by atoms with van der Waals surface area (Å²) in [5.74, 6) is 2.12. The Bertz CT molecular complexity index is 2080.